The van der Waals surface area contributed by atoms with Gasteiger partial charge in [-0.15, -0.1) is 0 Å². The van der Waals surface area contributed by atoms with Gasteiger partial charge in [0.25, 0.3) is 0 Å². The lowest BCUT2D eigenvalue weighted by Gasteiger charge is -2.12. The summed E-state index contributed by atoms with van der Waals surface area (Å²) in [7, 11) is 2.95. The third-order valence-corrected chi connectivity index (χ3v) is 4.18. The fourth-order valence-electron chi connectivity index (χ4n) is 2.52. The minimum absolute atomic E-state index is 0.386. The lowest BCUT2D eigenvalue weighted by molar-refractivity contribution is 0.0601. The molecule has 0 aliphatic heterocycles. The Kier molecular flexibility index (Phi) is 5.96. The van der Waals surface area contributed by atoms with E-state index in [1.165, 1.54) is 7.11 Å². The van der Waals surface area contributed by atoms with Crippen molar-refractivity contribution in [3.8, 4) is 5.75 Å². The minimum atomic E-state index is -0.444. The Balaban J connectivity index is 1.84. The Labute approximate surface area is 167 Å². The van der Waals surface area contributed by atoms with Crippen LogP contribution >= 0.6 is 11.6 Å². The molecule has 0 aliphatic rings. The molecular weight excluding hydrogens is 380 g/mol. The van der Waals surface area contributed by atoms with E-state index < -0.39 is 5.97 Å². The van der Waals surface area contributed by atoms with Crippen LogP contribution in [0.3, 0.4) is 0 Å². The number of carbonyl (C=O) groups is 1. The standard InChI is InChI=1S/C20H19ClN4O3/c1-12-22-18(24-14-5-7-15(27-2)8-6-14)11-19(23-12)25-17-10-13(20(26)28-3)4-9-16(17)21/h4-11H,1-3H3,(H2,22,23,24,25). The average Bonchev–Trinajstić information content (AvgIpc) is 2.69. The predicted molar refractivity (Wildman–Crippen MR) is 109 cm³/mol. The number of anilines is 4. The first-order chi connectivity index (χ1) is 13.5. The quantitative estimate of drug-likeness (QED) is 0.581. The molecule has 7 nitrogen and oxygen atoms in total. The van der Waals surface area contributed by atoms with Crippen molar-refractivity contribution in [1.29, 1.82) is 0 Å². The number of halogens is 1. The van der Waals surface area contributed by atoms with Crippen LogP contribution in [0.1, 0.15) is 16.2 Å². The van der Waals surface area contributed by atoms with Crippen LogP contribution in [0.5, 0.6) is 5.75 Å². The van der Waals surface area contributed by atoms with Gasteiger partial charge in [0.1, 0.15) is 23.2 Å². The first kappa shape index (κ1) is 19.4. The van der Waals surface area contributed by atoms with Crippen LogP contribution in [-0.2, 0) is 4.74 Å². The smallest absolute Gasteiger partial charge is 0.337 e. The number of hydrogen-bond acceptors (Lipinski definition) is 7. The molecule has 0 fully saturated rings. The third-order valence-electron chi connectivity index (χ3n) is 3.85. The van der Waals surface area contributed by atoms with E-state index in [2.05, 4.69) is 20.6 Å². The summed E-state index contributed by atoms with van der Waals surface area (Å²) < 4.78 is 9.91. The average molecular weight is 399 g/mol. The largest absolute Gasteiger partial charge is 0.497 e. The van der Waals surface area contributed by atoms with E-state index in [0.29, 0.717) is 33.7 Å². The highest BCUT2D eigenvalue weighted by atomic mass is 35.5. The van der Waals surface area contributed by atoms with Gasteiger partial charge in [0.15, 0.2) is 0 Å². The number of methoxy groups -OCH3 is 2. The maximum atomic E-state index is 11.7. The predicted octanol–water partition coefficient (Wildman–Crippen LogP) is 4.72. The maximum absolute atomic E-state index is 11.7. The topological polar surface area (TPSA) is 85.4 Å². The van der Waals surface area contributed by atoms with E-state index >= 15 is 0 Å². The number of aryl methyl sites for hydroxylation is 1. The highest BCUT2D eigenvalue weighted by Gasteiger charge is 2.11. The molecule has 0 saturated carbocycles. The number of carbonyl (C=O) groups excluding carboxylic acids is 1. The number of nitrogens with one attached hydrogen (secondary N) is 2. The summed E-state index contributed by atoms with van der Waals surface area (Å²) in [6.07, 6.45) is 0. The SMILES string of the molecule is COC(=O)c1ccc(Cl)c(Nc2cc(Nc3ccc(OC)cc3)nc(C)n2)c1. The van der Waals surface area contributed by atoms with E-state index in [9.17, 15) is 4.79 Å². The highest BCUT2D eigenvalue weighted by molar-refractivity contribution is 6.33. The van der Waals surface area contributed by atoms with Crippen molar-refractivity contribution in [2.45, 2.75) is 6.92 Å². The van der Waals surface area contributed by atoms with Crippen molar-refractivity contribution in [2.24, 2.45) is 0 Å². The number of ether oxygens (including phenoxy) is 2. The molecule has 2 N–H and O–H groups in total. The van der Waals surface area contributed by atoms with Crippen molar-refractivity contribution in [2.75, 3.05) is 24.9 Å². The second-order valence-electron chi connectivity index (χ2n) is 5.85. The number of rotatable bonds is 6. The second-order valence-corrected chi connectivity index (χ2v) is 6.26. The summed E-state index contributed by atoms with van der Waals surface area (Å²) in [6.45, 7) is 1.79. The number of hydrogen-bond donors (Lipinski definition) is 2. The monoisotopic (exact) mass is 398 g/mol. The molecule has 0 radical (unpaired) electrons. The Morgan fingerprint density at radius 1 is 0.964 bits per heavy atom. The number of nitrogens with zero attached hydrogens (tertiary/aromatic N) is 2. The molecule has 1 heterocycles. The van der Waals surface area contributed by atoms with Gasteiger partial charge in [-0.25, -0.2) is 14.8 Å². The zero-order valence-corrected chi connectivity index (χ0v) is 16.4. The van der Waals surface area contributed by atoms with Gasteiger partial charge in [0.2, 0.25) is 0 Å². The lowest BCUT2D eigenvalue weighted by atomic mass is 10.2. The summed E-state index contributed by atoms with van der Waals surface area (Å²) in [5.74, 6) is 2.04. The molecule has 0 saturated heterocycles. The molecule has 3 aromatic rings. The highest BCUT2D eigenvalue weighted by Crippen LogP contribution is 2.28. The van der Waals surface area contributed by atoms with E-state index in [0.717, 1.165) is 11.4 Å². The molecule has 0 amide bonds. The van der Waals surface area contributed by atoms with Gasteiger partial charge >= 0.3 is 5.97 Å². The van der Waals surface area contributed by atoms with Crippen molar-refractivity contribution in [1.82, 2.24) is 9.97 Å². The van der Waals surface area contributed by atoms with Crippen LogP contribution in [0.4, 0.5) is 23.0 Å². The Bertz CT molecular complexity index is 993. The van der Waals surface area contributed by atoms with Gasteiger partial charge < -0.3 is 20.1 Å². The molecule has 0 aliphatic carbocycles. The third kappa shape index (κ3) is 4.69. The molecule has 0 bridgehead atoms. The summed E-state index contributed by atoms with van der Waals surface area (Å²) in [4.78, 5) is 20.5. The summed E-state index contributed by atoms with van der Waals surface area (Å²) in [6, 6.07) is 14.1. The Hall–Kier alpha value is -3.32. The van der Waals surface area contributed by atoms with Gasteiger partial charge in [-0.05, 0) is 49.4 Å². The van der Waals surface area contributed by atoms with E-state index in [1.54, 1.807) is 38.3 Å². The molecule has 28 heavy (non-hydrogen) atoms. The summed E-state index contributed by atoms with van der Waals surface area (Å²) in [5, 5.41) is 6.80. The molecule has 0 atom stereocenters. The minimum Gasteiger partial charge on any atom is -0.497 e. The molecule has 2 aromatic carbocycles. The Morgan fingerprint density at radius 3 is 2.29 bits per heavy atom. The lowest BCUT2D eigenvalue weighted by Crippen LogP contribution is -2.04. The molecule has 0 unspecified atom stereocenters. The van der Waals surface area contributed by atoms with Crippen LogP contribution in [0.2, 0.25) is 5.02 Å². The fourth-order valence-corrected chi connectivity index (χ4v) is 2.69. The van der Waals surface area contributed by atoms with Gasteiger partial charge in [-0.2, -0.15) is 0 Å². The van der Waals surface area contributed by atoms with Crippen LogP contribution in [0, 0.1) is 6.92 Å². The van der Waals surface area contributed by atoms with Crippen LogP contribution in [0.15, 0.2) is 48.5 Å². The fraction of sp³-hybridized carbons (Fsp3) is 0.150. The molecule has 1 aromatic heterocycles. The van der Waals surface area contributed by atoms with Crippen molar-refractivity contribution in [3.05, 3.63) is 64.9 Å². The molecule has 8 heteroatoms. The maximum Gasteiger partial charge on any atom is 0.337 e. The van der Waals surface area contributed by atoms with Crippen LogP contribution in [0.25, 0.3) is 0 Å². The van der Waals surface area contributed by atoms with Gasteiger partial charge in [-0.3, -0.25) is 0 Å². The molecule has 0 spiro atoms. The van der Waals surface area contributed by atoms with Crippen LogP contribution in [-0.4, -0.2) is 30.2 Å². The summed E-state index contributed by atoms with van der Waals surface area (Å²) in [5.41, 5.74) is 1.78. The summed E-state index contributed by atoms with van der Waals surface area (Å²) >= 11 is 6.25. The normalized spacial score (nSPS) is 10.3. The first-order valence-electron chi connectivity index (χ1n) is 8.40. The first-order valence-corrected chi connectivity index (χ1v) is 8.78. The number of benzene rings is 2. The van der Waals surface area contributed by atoms with Gasteiger partial charge in [-0.1, -0.05) is 11.6 Å². The van der Waals surface area contributed by atoms with Crippen molar-refractivity contribution in [3.63, 3.8) is 0 Å². The Morgan fingerprint density at radius 2 is 1.64 bits per heavy atom. The second kappa shape index (κ2) is 8.58. The van der Waals surface area contributed by atoms with Gasteiger partial charge in [0.05, 0.1) is 30.5 Å². The molecular formula is C20H19ClN4O3. The van der Waals surface area contributed by atoms with Crippen LogP contribution < -0.4 is 15.4 Å². The van der Waals surface area contributed by atoms with E-state index in [4.69, 9.17) is 21.1 Å². The van der Waals surface area contributed by atoms with E-state index in [1.807, 2.05) is 24.3 Å². The van der Waals surface area contributed by atoms with E-state index in [-0.39, 0.29) is 0 Å². The van der Waals surface area contributed by atoms with Crippen molar-refractivity contribution >= 4 is 40.6 Å². The zero-order chi connectivity index (χ0) is 20.1. The number of aromatic nitrogens is 2. The van der Waals surface area contributed by atoms with Crippen molar-refractivity contribution < 1.29 is 14.3 Å². The van der Waals surface area contributed by atoms with Gasteiger partial charge in [0, 0.05) is 11.8 Å². The number of esters is 1. The molecule has 144 valence electrons. The molecule has 3 rings (SSSR count). The zero-order valence-electron chi connectivity index (χ0n) is 15.6.